The van der Waals surface area contributed by atoms with Crippen molar-refractivity contribution in [1.29, 1.82) is 0 Å². The highest BCUT2D eigenvalue weighted by Crippen LogP contribution is 2.31. The minimum absolute atomic E-state index is 0.00442. The summed E-state index contributed by atoms with van der Waals surface area (Å²) in [6.45, 7) is 7.30. The number of furan rings is 1. The van der Waals surface area contributed by atoms with Crippen molar-refractivity contribution in [2.75, 3.05) is 12.4 Å². The molecule has 12 nitrogen and oxygen atoms in total. The zero-order chi connectivity index (χ0) is 33.7. The Morgan fingerprint density at radius 3 is 2.30 bits per heavy atom. The molecule has 12 heteroatoms. The monoisotopic (exact) mass is 638 g/mol. The Balaban J connectivity index is 1.29. The standard InChI is InChI=1S/C35H34N4O8/c1-20-6-9-22(10-7-20)27-16-17-29(45-27)31(40)37-26(33(41)42)19-21-8-15-28(44-5)25(18-21)30-38-32(47-39-30)23-11-13-24(14-12-23)36-34(43)46-35(2,3)4/h6-18,26H,19H2,1-5H3,(H,36,43)(H,37,40)(H,41,42)/t26-/m1/s1. The number of carboxylic acids is 1. The molecule has 5 rings (SSSR count). The number of carbonyl (C=O) groups is 3. The van der Waals surface area contributed by atoms with Gasteiger partial charge in [-0.05, 0) is 81.8 Å². The van der Waals surface area contributed by atoms with E-state index in [1.165, 1.54) is 13.2 Å². The molecule has 0 aliphatic rings. The molecule has 47 heavy (non-hydrogen) atoms. The van der Waals surface area contributed by atoms with E-state index in [0.717, 1.165) is 11.1 Å². The highest BCUT2D eigenvalue weighted by atomic mass is 16.6. The zero-order valence-corrected chi connectivity index (χ0v) is 26.5. The molecule has 0 fully saturated rings. The Kier molecular flexibility index (Phi) is 9.41. The number of aliphatic carboxylic acids is 1. The molecular weight excluding hydrogens is 604 g/mol. The lowest BCUT2D eigenvalue weighted by Crippen LogP contribution is -2.42. The Morgan fingerprint density at radius 1 is 0.936 bits per heavy atom. The summed E-state index contributed by atoms with van der Waals surface area (Å²) >= 11 is 0. The smallest absolute Gasteiger partial charge is 0.412 e. The molecule has 3 N–H and O–H groups in total. The highest BCUT2D eigenvalue weighted by Gasteiger charge is 2.25. The molecular formula is C35H34N4O8. The number of nitrogens with one attached hydrogen (secondary N) is 2. The summed E-state index contributed by atoms with van der Waals surface area (Å²) in [7, 11) is 1.49. The number of carboxylic acid groups (broad SMARTS) is 1. The molecule has 0 spiro atoms. The average molecular weight is 639 g/mol. The summed E-state index contributed by atoms with van der Waals surface area (Å²) in [6, 6.07) is 21.4. The Labute approximate surface area is 270 Å². The summed E-state index contributed by atoms with van der Waals surface area (Å²) in [5.41, 5.74) is 3.43. The number of rotatable bonds is 10. The van der Waals surface area contributed by atoms with Crippen LogP contribution in [0.15, 0.2) is 87.8 Å². The van der Waals surface area contributed by atoms with E-state index in [2.05, 4.69) is 20.8 Å². The van der Waals surface area contributed by atoms with Gasteiger partial charge in [-0.1, -0.05) is 41.1 Å². The second-order valence-corrected chi connectivity index (χ2v) is 11.8. The molecule has 242 valence electrons. The lowest BCUT2D eigenvalue weighted by Gasteiger charge is -2.19. The van der Waals surface area contributed by atoms with Crippen molar-refractivity contribution in [3.63, 3.8) is 0 Å². The lowest BCUT2D eigenvalue weighted by atomic mass is 10.0. The lowest BCUT2D eigenvalue weighted by molar-refractivity contribution is -0.139. The number of nitrogens with zero attached hydrogens (tertiary/aromatic N) is 2. The molecule has 0 saturated heterocycles. The van der Waals surface area contributed by atoms with Crippen LogP contribution in [0.2, 0.25) is 0 Å². The molecule has 0 aliphatic carbocycles. The SMILES string of the molecule is COc1ccc(C[C@@H](NC(=O)c2ccc(-c3ccc(C)cc3)o2)C(=O)O)cc1-c1noc(-c2ccc(NC(=O)OC(C)(C)C)cc2)n1. The first-order valence-electron chi connectivity index (χ1n) is 14.7. The van der Waals surface area contributed by atoms with Crippen LogP contribution in [-0.4, -0.2) is 52.0 Å². The van der Waals surface area contributed by atoms with E-state index in [0.29, 0.717) is 33.9 Å². The maximum absolute atomic E-state index is 13.0. The van der Waals surface area contributed by atoms with Crippen molar-refractivity contribution in [1.82, 2.24) is 15.5 Å². The maximum atomic E-state index is 13.0. The van der Waals surface area contributed by atoms with Gasteiger partial charge in [0.05, 0.1) is 12.7 Å². The highest BCUT2D eigenvalue weighted by molar-refractivity contribution is 5.95. The zero-order valence-electron chi connectivity index (χ0n) is 26.5. The Bertz CT molecular complexity index is 1890. The van der Waals surface area contributed by atoms with Gasteiger partial charge in [0, 0.05) is 23.2 Å². The third-order valence-electron chi connectivity index (χ3n) is 6.92. The summed E-state index contributed by atoms with van der Waals surface area (Å²) in [5, 5.41) is 19.3. The predicted molar refractivity (Wildman–Crippen MR) is 173 cm³/mol. The normalized spacial score (nSPS) is 11.9. The van der Waals surface area contributed by atoms with Crippen LogP contribution in [0.3, 0.4) is 0 Å². The van der Waals surface area contributed by atoms with Crippen molar-refractivity contribution in [2.45, 2.75) is 45.8 Å². The molecule has 2 aromatic heterocycles. The van der Waals surface area contributed by atoms with Crippen LogP contribution in [0.1, 0.15) is 42.5 Å². The fourth-order valence-corrected chi connectivity index (χ4v) is 4.62. The minimum Gasteiger partial charge on any atom is -0.496 e. The van der Waals surface area contributed by atoms with E-state index < -0.39 is 29.6 Å². The summed E-state index contributed by atoms with van der Waals surface area (Å²) in [4.78, 5) is 41.7. The molecule has 0 aliphatic heterocycles. The van der Waals surface area contributed by atoms with Gasteiger partial charge in [0.2, 0.25) is 5.82 Å². The molecule has 5 aromatic rings. The predicted octanol–water partition coefficient (Wildman–Crippen LogP) is 6.75. The van der Waals surface area contributed by atoms with Crippen molar-refractivity contribution < 1.29 is 37.9 Å². The van der Waals surface area contributed by atoms with Crippen molar-refractivity contribution in [3.05, 3.63) is 95.7 Å². The van der Waals surface area contributed by atoms with Gasteiger partial charge in [0.1, 0.15) is 23.2 Å². The van der Waals surface area contributed by atoms with Gasteiger partial charge in [0.25, 0.3) is 11.8 Å². The van der Waals surface area contributed by atoms with Crippen LogP contribution in [0.5, 0.6) is 5.75 Å². The van der Waals surface area contributed by atoms with Crippen LogP contribution in [0.4, 0.5) is 10.5 Å². The number of aryl methyl sites for hydroxylation is 1. The van der Waals surface area contributed by atoms with Gasteiger partial charge >= 0.3 is 12.1 Å². The maximum Gasteiger partial charge on any atom is 0.412 e. The molecule has 0 saturated carbocycles. The number of methoxy groups -OCH3 is 1. The molecule has 0 radical (unpaired) electrons. The molecule has 0 bridgehead atoms. The van der Waals surface area contributed by atoms with Crippen molar-refractivity contribution >= 4 is 23.7 Å². The Hall–Kier alpha value is -5.91. The molecule has 2 heterocycles. The topological polar surface area (TPSA) is 166 Å². The van der Waals surface area contributed by atoms with Gasteiger partial charge in [-0.3, -0.25) is 10.1 Å². The van der Waals surface area contributed by atoms with Gasteiger partial charge < -0.3 is 28.8 Å². The first-order chi connectivity index (χ1) is 22.4. The third kappa shape index (κ3) is 8.23. The molecule has 0 unspecified atom stereocenters. The number of benzene rings is 3. The number of aromatic nitrogens is 2. The quantitative estimate of drug-likeness (QED) is 0.149. The van der Waals surface area contributed by atoms with E-state index in [1.54, 1.807) is 69.3 Å². The number of hydrogen-bond donors (Lipinski definition) is 3. The van der Waals surface area contributed by atoms with Gasteiger partial charge in [-0.15, -0.1) is 0 Å². The van der Waals surface area contributed by atoms with Crippen LogP contribution < -0.4 is 15.4 Å². The summed E-state index contributed by atoms with van der Waals surface area (Å²) in [5.74, 6) is -0.509. The average Bonchev–Trinajstić information content (AvgIpc) is 3.72. The van der Waals surface area contributed by atoms with Gasteiger partial charge in [-0.25, -0.2) is 9.59 Å². The van der Waals surface area contributed by atoms with E-state index in [4.69, 9.17) is 18.4 Å². The van der Waals surface area contributed by atoms with E-state index in [-0.39, 0.29) is 23.9 Å². The fourth-order valence-electron chi connectivity index (χ4n) is 4.62. The van der Waals surface area contributed by atoms with E-state index in [1.807, 2.05) is 31.2 Å². The second kappa shape index (κ2) is 13.6. The van der Waals surface area contributed by atoms with E-state index >= 15 is 0 Å². The van der Waals surface area contributed by atoms with Crippen molar-refractivity contribution in [3.8, 4) is 39.9 Å². The minimum atomic E-state index is -1.26. The fraction of sp³-hybridized carbons (Fsp3) is 0.229. The van der Waals surface area contributed by atoms with E-state index in [9.17, 15) is 19.5 Å². The molecule has 3 aromatic carbocycles. The summed E-state index contributed by atoms with van der Waals surface area (Å²) < 4.78 is 22.0. The molecule has 2 amide bonds. The second-order valence-electron chi connectivity index (χ2n) is 11.8. The van der Waals surface area contributed by atoms with Gasteiger partial charge in [-0.2, -0.15) is 4.98 Å². The van der Waals surface area contributed by atoms with Gasteiger partial charge in [0.15, 0.2) is 5.76 Å². The first-order valence-corrected chi connectivity index (χ1v) is 14.7. The van der Waals surface area contributed by atoms with Crippen LogP contribution in [0, 0.1) is 6.92 Å². The number of carbonyl (C=O) groups excluding carboxylic acids is 2. The number of anilines is 1. The Morgan fingerprint density at radius 2 is 1.64 bits per heavy atom. The number of amides is 2. The van der Waals surface area contributed by atoms with Crippen LogP contribution in [0.25, 0.3) is 34.2 Å². The largest absolute Gasteiger partial charge is 0.496 e. The van der Waals surface area contributed by atoms with Crippen LogP contribution in [-0.2, 0) is 16.0 Å². The van der Waals surface area contributed by atoms with Crippen molar-refractivity contribution in [2.24, 2.45) is 0 Å². The first kappa shape index (κ1) is 32.5. The third-order valence-corrected chi connectivity index (χ3v) is 6.92. The van der Waals surface area contributed by atoms with Crippen LogP contribution >= 0.6 is 0 Å². The number of ether oxygens (including phenoxy) is 2. The number of hydrogen-bond acceptors (Lipinski definition) is 9. The summed E-state index contributed by atoms with van der Waals surface area (Å²) in [6.07, 6.45) is -0.615. The molecule has 1 atom stereocenters.